The van der Waals surface area contributed by atoms with Crippen molar-refractivity contribution in [2.24, 2.45) is 5.73 Å². The van der Waals surface area contributed by atoms with Crippen LogP contribution in [-0.4, -0.2) is 50.3 Å². The van der Waals surface area contributed by atoms with E-state index < -0.39 is 6.09 Å². The van der Waals surface area contributed by atoms with Crippen LogP contribution in [0.25, 0.3) is 11.1 Å². The lowest BCUT2D eigenvalue weighted by Gasteiger charge is -2.32. The van der Waals surface area contributed by atoms with Crippen LogP contribution in [0.2, 0.25) is 0 Å². The summed E-state index contributed by atoms with van der Waals surface area (Å²) in [5.74, 6) is 0.172. The highest BCUT2D eigenvalue weighted by Gasteiger charge is 2.30. The van der Waals surface area contributed by atoms with E-state index in [-0.39, 0.29) is 24.0 Å². The average molecular weight is 344 g/mol. The van der Waals surface area contributed by atoms with Gasteiger partial charge < -0.3 is 15.6 Å². The minimum absolute atomic E-state index is 0.144. The molecule has 1 fully saturated rings. The molecular formula is C16H20N6O3. The average Bonchev–Trinajstić information content (AvgIpc) is 2.64. The third-order valence-electron chi connectivity index (χ3n) is 4.31. The van der Waals surface area contributed by atoms with Crippen LogP contribution in [-0.2, 0) is 0 Å². The summed E-state index contributed by atoms with van der Waals surface area (Å²) in [4.78, 5) is 29.5. The molecule has 0 spiro atoms. The maximum absolute atomic E-state index is 11.7. The molecule has 1 saturated carbocycles. The van der Waals surface area contributed by atoms with Crippen LogP contribution in [0.3, 0.4) is 0 Å². The molecule has 132 valence electrons. The zero-order valence-corrected chi connectivity index (χ0v) is 13.9. The number of carboxylic acid groups (broad SMARTS) is 1. The summed E-state index contributed by atoms with van der Waals surface area (Å²) in [6.45, 7) is 0. The van der Waals surface area contributed by atoms with E-state index in [1.54, 1.807) is 24.8 Å². The van der Waals surface area contributed by atoms with Crippen molar-refractivity contribution in [1.82, 2.24) is 19.9 Å². The lowest BCUT2D eigenvalue weighted by atomic mass is 9.91. The van der Waals surface area contributed by atoms with Crippen molar-refractivity contribution in [2.45, 2.75) is 37.8 Å². The Kier molecular flexibility index (Phi) is 5.03. The number of rotatable bonds is 4. The first kappa shape index (κ1) is 17.0. The van der Waals surface area contributed by atoms with Crippen LogP contribution in [0.5, 0.6) is 6.01 Å². The van der Waals surface area contributed by atoms with E-state index in [0.29, 0.717) is 18.4 Å². The lowest BCUT2D eigenvalue weighted by molar-refractivity contribution is 0.195. The predicted octanol–water partition coefficient (Wildman–Crippen LogP) is 1.70. The maximum Gasteiger partial charge on any atom is 0.414 e. The van der Waals surface area contributed by atoms with Gasteiger partial charge in [0.1, 0.15) is 0 Å². The van der Waals surface area contributed by atoms with Crippen molar-refractivity contribution in [3.63, 3.8) is 0 Å². The second kappa shape index (κ2) is 7.39. The Hall–Kier alpha value is -2.81. The molecule has 1 amide bonds. The number of hydrogen-bond donors (Lipinski definition) is 2. The molecular weight excluding hydrogens is 324 g/mol. The summed E-state index contributed by atoms with van der Waals surface area (Å²) < 4.78 is 4.92. The fourth-order valence-electron chi connectivity index (χ4n) is 2.93. The Labute approximate surface area is 144 Å². The van der Waals surface area contributed by atoms with Gasteiger partial charge in [-0.05, 0) is 25.7 Å². The Bertz CT molecular complexity index is 714. The summed E-state index contributed by atoms with van der Waals surface area (Å²) in [5, 5.41) is 9.57. The van der Waals surface area contributed by atoms with E-state index >= 15 is 0 Å². The topological polar surface area (TPSA) is 127 Å². The Morgan fingerprint density at radius 3 is 2.08 bits per heavy atom. The number of aromatic nitrogens is 4. The van der Waals surface area contributed by atoms with Gasteiger partial charge in [-0.3, -0.25) is 0 Å². The predicted molar refractivity (Wildman–Crippen MR) is 90.3 cm³/mol. The molecule has 9 nitrogen and oxygen atoms in total. The number of methoxy groups -OCH3 is 1. The molecule has 2 heterocycles. The van der Waals surface area contributed by atoms with Crippen LogP contribution in [0.15, 0.2) is 24.8 Å². The van der Waals surface area contributed by atoms with Crippen LogP contribution in [0.4, 0.5) is 10.7 Å². The number of amides is 1. The summed E-state index contributed by atoms with van der Waals surface area (Å²) in [5.41, 5.74) is 7.32. The number of nitrogens with zero attached hydrogens (tertiary/aromatic N) is 5. The first-order chi connectivity index (χ1) is 12.1. The van der Waals surface area contributed by atoms with Gasteiger partial charge >= 0.3 is 12.1 Å². The van der Waals surface area contributed by atoms with Crippen molar-refractivity contribution in [2.75, 3.05) is 12.0 Å². The van der Waals surface area contributed by atoms with Crippen molar-refractivity contribution in [3.05, 3.63) is 24.8 Å². The van der Waals surface area contributed by atoms with Gasteiger partial charge in [-0.2, -0.15) is 0 Å². The van der Waals surface area contributed by atoms with Crippen LogP contribution in [0.1, 0.15) is 25.7 Å². The van der Waals surface area contributed by atoms with Gasteiger partial charge in [-0.25, -0.2) is 29.6 Å². The summed E-state index contributed by atoms with van der Waals surface area (Å²) in [6, 6.07) is 0.270. The van der Waals surface area contributed by atoms with E-state index in [9.17, 15) is 9.90 Å². The number of hydrogen-bond acceptors (Lipinski definition) is 7. The first-order valence-corrected chi connectivity index (χ1v) is 8.04. The minimum atomic E-state index is -1.05. The monoisotopic (exact) mass is 344 g/mol. The minimum Gasteiger partial charge on any atom is -0.467 e. The molecule has 2 aromatic heterocycles. The highest BCUT2D eigenvalue weighted by Crippen LogP contribution is 2.26. The fourth-order valence-corrected chi connectivity index (χ4v) is 2.93. The molecule has 9 heteroatoms. The summed E-state index contributed by atoms with van der Waals surface area (Å²) >= 11 is 0. The molecule has 25 heavy (non-hydrogen) atoms. The molecule has 0 bridgehead atoms. The molecule has 0 radical (unpaired) electrons. The number of nitrogens with two attached hydrogens (primary N) is 1. The van der Waals surface area contributed by atoms with Crippen molar-refractivity contribution in [3.8, 4) is 17.1 Å². The van der Waals surface area contributed by atoms with Crippen molar-refractivity contribution >= 4 is 12.0 Å². The second-order valence-electron chi connectivity index (χ2n) is 5.95. The van der Waals surface area contributed by atoms with Gasteiger partial charge in [-0.15, -0.1) is 0 Å². The zero-order valence-electron chi connectivity index (χ0n) is 13.9. The third kappa shape index (κ3) is 3.82. The van der Waals surface area contributed by atoms with Crippen LogP contribution in [0, 0.1) is 0 Å². The van der Waals surface area contributed by atoms with Gasteiger partial charge in [0.15, 0.2) is 0 Å². The van der Waals surface area contributed by atoms with Gasteiger partial charge in [0, 0.05) is 48.0 Å². The quantitative estimate of drug-likeness (QED) is 0.858. The molecule has 3 rings (SSSR count). The molecule has 1 aliphatic rings. The normalized spacial score (nSPS) is 20.1. The maximum atomic E-state index is 11.7. The highest BCUT2D eigenvalue weighted by molar-refractivity contribution is 5.84. The Morgan fingerprint density at radius 1 is 1.08 bits per heavy atom. The molecule has 0 aliphatic heterocycles. The number of anilines is 1. The Morgan fingerprint density at radius 2 is 1.60 bits per heavy atom. The van der Waals surface area contributed by atoms with E-state index in [0.717, 1.165) is 18.4 Å². The van der Waals surface area contributed by atoms with Crippen LogP contribution < -0.4 is 15.4 Å². The molecule has 0 aromatic carbocycles. The number of ether oxygens (including phenoxy) is 1. The SMILES string of the molecule is COc1ncc(-c2cnc(N(C(=O)O)[C@H]3CC[C@H](N)CC3)nc2)cn1. The van der Waals surface area contributed by atoms with Crippen LogP contribution >= 0.6 is 0 Å². The van der Waals surface area contributed by atoms with E-state index in [1.165, 1.54) is 12.0 Å². The standard InChI is InChI=1S/C16H20N6O3/c1-25-15-20-8-11(9-21-15)10-6-18-14(19-7-10)22(16(23)24)13-4-2-12(17)3-5-13/h6-9,12-13H,2-5,17H2,1H3,(H,23,24)/t12-,13-. The highest BCUT2D eigenvalue weighted by atomic mass is 16.5. The van der Waals surface area contributed by atoms with Crippen molar-refractivity contribution in [1.29, 1.82) is 0 Å². The van der Waals surface area contributed by atoms with E-state index in [1.807, 2.05) is 0 Å². The van der Waals surface area contributed by atoms with Gasteiger partial charge in [0.25, 0.3) is 0 Å². The largest absolute Gasteiger partial charge is 0.467 e. The molecule has 1 aliphatic carbocycles. The molecule has 2 aromatic rings. The summed E-state index contributed by atoms with van der Waals surface area (Å²) in [7, 11) is 1.49. The van der Waals surface area contributed by atoms with Crippen molar-refractivity contribution < 1.29 is 14.6 Å². The molecule has 0 unspecified atom stereocenters. The van der Waals surface area contributed by atoms with E-state index in [4.69, 9.17) is 10.5 Å². The Balaban J connectivity index is 1.80. The van der Waals surface area contributed by atoms with E-state index in [2.05, 4.69) is 19.9 Å². The molecule has 0 saturated heterocycles. The summed E-state index contributed by atoms with van der Waals surface area (Å²) in [6.07, 6.45) is 8.31. The molecule has 0 atom stereocenters. The zero-order chi connectivity index (χ0) is 17.8. The fraction of sp³-hybridized carbons (Fsp3) is 0.438. The number of carbonyl (C=O) groups is 1. The third-order valence-corrected chi connectivity index (χ3v) is 4.31. The van der Waals surface area contributed by atoms with Gasteiger partial charge in [0.05, 0.1) is 7.11 Å². The first-order valence-electron chi connectivity index (χ1n) is 8.04. The lowest BCUT2D eigenvalue weighted by Crippen LogP contribution is -2.44. The van der Waals surface area contributed by atoms with Gasteiger partial charge in [0.2, 0.25) is 5.95 Å². The molecule has 3 N–H and O–H groups in total. The smallest absolute Gasteiger partial charge is 0.414 e. The second-order valence-corrected chi connectivity index (χ2v) is 5.95. The van der Waals surface area contributed by atoms with Gasteiger partial charge in [-0.1, -0.05) is 0 Å².